The van der Waals surface area contributed by atoms with Crippen molar-refractivity contribution >= 4 is 39.3 Å². The van der Waals surface area contributed by atoms with Gasteiger partial charge in [0, 0.05) is 4.47 Å². The first kappa shape index (κ1) is 12.6. The van der Waals surface area contributed by atoms with Crippen LogP contribution in [-0.4, -0.2) is 17.2 Å². The number of aryl methyl sites for hydroxylation is 2. The van der Waals surface area contributed by atoms with Gasteiger partial charge in [-0.3, -0.25) is 14.9 Å². The van der Waals surface area contributed by atoms with Gasteiger partial charge in [-0.25, -0.2) is 0 Å². The number of hydrogen-bond donors (Lipinski definition) is 1. The molecule has 0 aliphatic carbocycles. The highest BCUT2D eigenvalue weighted by atomic mass is 79.9. The summed E-state index contributed by atoms with van der Waals surface area (Å²) in [4.78, 5) is 23.1. The van der Waals surface area contributed by atoms with Crippen LogP contribution < -0.4 is 5.32 Å². The molecule has 1 aromatic carbocycles. The Kier molecular flexibility index (Phi) is 3.27. The Labute approximate surface area is 113 Å². The number of halogens is 2. The van der Waals surface area contributed by atoms with E-state index >= 15 is 0 Å². The van der Waals surface area contributed by atoms with Crippen LogP contribution >= 0.6 is 27.5 Å². The molecule has 0 spiro atoms. The number of imide groups is 1. The van der Waals surface area contributed by atoms with Gasteiger partial charge in [0.25, 0.3) is 0 Å². The smallest absolute Gasteiger partial charge is 0.245 e. The summed E-state index contributed by atoms with van der Waals surface area (Å²) >= 11 is 9.42. The van der Waals surface area contributed by atoms with Crippen molar-refractivity contribution in [2.24, 2.45) is 0 Å². The van der Waals surface area contributed by atoms with Crippen molar-refractivity contribution in [3.63, 3.8) is 0 Å². The fourth-order valence-corrected chi connectivity index (χ4v) is 3.37. The van der Waals surface area contributed by atoms with Crippen molar-refractivity contribution in [2.45, 2.75) is 25.1 Å². The quantitative estimate of drug-likeness (QED) is 0.639. The highest BCUT2D eigenvalue weighted by Gasteiger charge is 2.42. The molecule has 3 nitrogen and oxygen atoms in total. The van der Waals surface area contributed by atoms with Gasteiger partial charge in [0.2, 0.25) is 11.8 Å². The Hall–Kier alpha value is -0.870. The molecule has 1 aromatic rings. The molecule has 2 amide bonds. The van der Waals surface area contributed by atoms with Gasteiger partial charge in [0.05, 0.1) is 5.92 Å². The number of alkyl halides is 1. The van der Waals surface area contributed by atoms with Crippen LogP contribution in [0.5, 0.6) is 0 Å². The summed E-state index contributed by atoms with van der Waals surface area (Å²) in [6, 6.07) is 3.89. The molecule has 17 heavy (non-hydrogen) atoms. The lowest BCUT2D eigenvalue weighted by Gasteiger charge is -2.16. The summed E-state index contributed by atoms with van der Waals surface area (Å²) in [6.45, 7) is 3.88. The normalized spacial score (nSPS) is 24.0. The van der Waals surface area contributed by atoms with Crippen molar-refractivity contribution in [2.75, 3.05) is 0 Å². The Morgan fingerprint density at radius 2 is 1.88 bits per heavy atom. The molecular formula is C12H11BrClNO2. The van der Waals surface area contributed by atoms with Gasteiger partial charge in [-0.2, -0.15) is 0 Å². The van der Waals surface area contributed by atoms with E-state index in [0.29, 0.717) is 0 Å². The summed E-state index contributed by atoms with van der Waals surface area (Å²) in [5.74, 6) is -1.37. The van der Waals surface area contributed by atoms with Crippen LogP contribution in [0.2, 0.25) is 0 Å². The molecule has 0 radical (unpaired) electrons. The summed E-state index contributed by atoms with van der Waals surface area (Å²) in [5.41, 5.74) is 2.84. The summed E-state index contributed by atoms with van der Waals surface area (Å²) < 4.78 is 0.815. The molecule has 1 heterocycles. The van der Waals surface area contributed by atoms with Gasteiger partial charge in [0.15, 0.2) is 0 Å². The largest absolute Gasteiger partial charge is 0.295 e. The van der Waals surface area contributed by atoms with Gasteiger partial charge < -0.3 is 0 Å². The Bertz CT molecular complexity index is 492. The standard InChI is InChI=1S/C12H11BrClNO2/c1-5-3-6(2)8(7(13)4-5)9-10(14)12(17)15-11(9)16/h3-4,9-10H,1-2H3,(H,15,16,17). The lowest BCUT2D eigenvalue weighted by Crippen LogP contribution is -2.22. The molecule has 1 aliphatic heterocycles. The second-order valence-corrected chi connectivity index (χ2v) is 5.53. The van der Waals surface area contributed by atoms with Crippen LogP contribution in [0.15, 0.2) is 16.6 Å². The Morgan fingerprint density at radius 3 is 2.35 bits per heavy atom. The lowest BCUT2D eigenvalue weighted by molar-refractivity contribution is -0.125. The van der Waals surface area contributed by atoms with Gasteiger partial charge >= 0.3 is 0 Å². The molecule has 0 saturated carbocycles. The van der Waals surface area contributed by atoms with E-state index in [1.807, 2.05) is 26.0 Å². The summed E-state index contributed by atoms with van der Waals surface area (Å²) in [5, 5.41) is 1.42. The molecule has 1 fully saturated rings. The third kappa shape index (κ3) is 2.11. The van der Waals surface area contributed by atoms with Crippen LogP contribution in [0.1, 0.15) is 22.6 Å². The van der Waals surface area contributed by atoms with E-state index in [9.17, 15) is 9.59 Å². The average molecular weight is 317 g/mol. The van der Waals surface area contributed by atoms with Crippen LogP contribution in [0.25, 0.3) is 0 Å². The molecule has 0 bridgehead atoms. The van der Waals surface area contributed by atoms with E-state index < -0.39 is 17.2 Å². The predicted octanol–water partition coefficient (Wildman–Crippen LogP) is 2.41. The maximum atomic E-state index is 11.7. The van der Waals surface area contributed by atoms with Crippen LogP contribution in [0.3, 0.4) is 0 Å². The van der Waals surface area contributed by atoms with E-state index in [1.165, 1.54) is 0 Å². The number of benzene rings is 1. The zero-order valence-corrected chi connectivity index (χ0v) is 11.7. The minimum Gasteiger partial charge on any atom is -0.295 e. The lowest BCUT2D eigenvalue weighted by atomic mass is 9.92. The van der Waals surface area contributed by atoms with E-state index in [0.717, 1.165) is 21.2 Å². The average Bonchev–Trinajstić information content (AvgIpc) is 2.43. The maximum absolute atomic E-state index is 11.7. The van der Waals surface area contributed by atoms with Crippen molar-refractivity contribution in [1.29, 1.82) is 0 Å². The molecule has 2 atom stereocenters. The fraction of sp³-hybridized carbons (Fsp3) is 0.333. The van der Waals surface area contributed by atoms with Crippen LogP contribution in [0.4, 0.5) is 0 Å². The third-order valence-corrected chi connectivity index (χ3v) is 3.97. The number of carbonyl (C=O) groups is 2. The number of amides is 2. The highest BCUT2D eigenvalue weighted by molar-refractivity contribution is 9.10. The van der Waals surface area contributed by atoms with Crippen LogP contribution in [0, 0.1) is 13.8 Å². The van der Waals surface area contributed by atoms with Crippen molar-refractivity contribution < 1.29 is 9.59 Å². The number of carbonyl (C=O) groups excluding carboxylic acids is 2. The van der Waals surface area contributed by atoms with Crippen molar-refractivity contribution in [3.05, 3.63) is 33.3 Å². The predicted molar refractivity (Wildman–Crippen MR) is 69.1 cm³/mol. The zero-order valence-electron chi connectivity index (χ0n) is 9.38. The maximum Gasteiger partial charge on any atom is 0.245 e. The summed E-state index contributed by atoms with van der Waals surface area (Å²) in [7, 11) is 0. The van der Waals surface area contributed by atoms with Gasteiger partial charge in [-0.05, 0) is 36.6 Å². The molecule has 0 aromatic heterocycles. The monoisotopic (exact) mass is 315 g/mol. The molecular weight excluding hydrogens is 305 g/mol. The van der Waals surface area contributed by atoms with Gasteiger partial charge in [-0.15, -0.1) is 11.6 Å². The molecule has 2 rings (SSSR count). The van der Waals surface area contributed by atoms with E-state index in [4.69, 9.17) is 11.6 Å². The topological polar surface area (TPSA) is 46.2 Å². The first-order valence-corrected chi connectivity index (χ1v) is 6.40. The molecule has 90 valence electrons. The van der Waals surface area contributed by atoms with E-state index in [2.05, 4.69) is 21.2 Å². The fourth-order valence-electron chi connectivity index (χ4n) is 2.15. The van der Waals surface area contributed by atoms with E-state index in [-0.39, 0.29) is 5.91 Å². The number of rotatable bonds is 1. The SMILES string of the molecule is Cc1cc(C)c(C2C(=O)NC(=O)C2Cl)c(Br)c1. The molecule has 1 N–H and O–H groups in total. The molecule has 5 heteroatoms. The molecule has 2 unspecified atom stereocenters. The molecule has 1 saturated heterocycles. The minimum absolute atomic E-state index is 0.331. The molecule has 1 aliphatic rings. The summed E-state index contributed by atoms with van der Waals surface area (Å²) in [6.07, 6.45) is 0. The number of nitrogens with one attached hydrogen (secondary N) is 1. The van der Waals surface area contributed by atoms with Crippen molar-refractivity contribution in [3.8, 4) is 0 Å². The first-order chi connectivity index (χ1) is 7.91. The second-order valence-electron chi connectivity index (χ2n) is 4.21. The van der Waals surface area contributed by atoms with Crippen molar-refractivity contribution in [1.82, 2.24) is 5.32 Å². The third-order valence-electron chi connectivity index (χ3n) is 2.86. The Balaban J connectivity index is 2.54. The second kappa shape index (κ2) is 4.42. The number of hydrogen-bond acceptors (Lipinski definition) is 2. The van der Waals surface area contributed by atoms with Gasteiger partial charge in [0.1, 0.15) is 5.38 Å². The van der Waals surface area contributed by atoms with E-state index in [1.54, 1.807) is 0 Å². The highest BCUT2D eigenvalue weighted by Crippen LogP contribution is 2.36. The first-order valence-electron chi connectivity index (χ1n) is 5.17. The van der Waals surface area contributed by atoms with Gasteiger partial charge in [-0.1, -0.05) is 22.0 Å². The zero-order chi connectivity index (χ0) is 12.7. The Morgan fingerprint density at radius 1 is 1.24 bits per heavy atom. The van der Waals surface area contributed by atoms with Crippen LogP contribution in [-0.2, 0) is 9.59 Å². The minimum atomic E-state index is -0.833.